The molecule has 12 heteroatoms. The third kappa shape index (κ3) is 4.48. The minimum absolute atomic E-state index is 0.197. The fraction of sp³-hybridized carbons (Fsp3) is 0.375. The topological polar surface area (TPSA) is 111 Å². The van der Waals surface area contributed by atoms with E-state index in [0.29, 0.717) is 23.9 Å². The molecule has 188 valence electrons. The van der Waals surface area contributed by atoms with E-state index in [4.69, 9.17) is 9.47 Å². The second-order valence-corrected chi connectivity index (χ2v) is 10.9. The molecule has 3 aromatic rings. The Morgan fingerprint density at radius 1 is 1.14 bits per heavy atom. The highest BCUT2D eigenvalue weighted by atomic mass is 32.2. The lowest BCUT2D eigenvalue weighted by molar-refractivity contribution is -0.152. The predicted octanol–water partition coefficient (Wildman–Crippen LogP) is 2.17. The molecule has 2 aliphatic rings. The number of hydrogen-bond donors (Lipinski definition) is 1. The lowest BCUT2D eigenvalue weighted by Gasteiger charge is -2.44. The SMILES string of the molecule is COc1ccc(OCC(=O)NC2C(=O)N3C(c4nnnn4Cc4ccc(F)cc4)C(C)(C)S[C@H]23)cc1. The van der Waals surface area contributed by atoms with Crippen molar-refractivity contribution in [2.45, 2.75) is 42.6 Å². The molecule has 2 unspecified atom stereocenters. The zero-order valence-corrected chi connectivity index (χ0v) is 20.7. The number of benzene rings is 2. The van der Waals surface area contributed by atoms with E-state index in [1.807, 2.05) is 13.8 Å². The first-order chi connectivity index (χ1) is 17.3. The van der Waals surface area contributed by atoms with Crippen LogP contribution in [0, 0.1) is 5.82 Å². The van der Waals surface area contributed by atoms with E-state index >= 15 is 0 Å². The fourth-order valence-corrected chi connectivity index (χ4v) is 6.11. The summed E-state index contributed by atoms with van der Waals surface area (Å²) in [5.41, 5.74) is 0.835. The van der Waals surface area contributed by atoms with E-state index in [0.717, 1.165) is 5.56 Å². The van der Waals surface area contributed by atoms with Crippen molar-refractivity contribution in [2.24, 2.45) is 0 Å². The van der Waals surface area contributed by atoms with Gasteiger partial charge < -0.3 is 19.7 Å². The van der Waals surface area contributed by atoms with Gasteiger partial charge in [-0.15, -0.1) is 16.9 Å². The molecule has 0 aliphatic carbocycles. The maximum Gasteiger partial charge on any atom is 0.258 e. The number of methoxy groups -OCH3 is 1. The summed E-state index contributed by atoms with van der Waals surface area (Å²) in [5, 5.41) is 14.7. The summed E-state index contributed by atoms with van der Waals surface area (Å²) in [7, 11) is 1.57. The summed E-state index contributed by atoms with van der Waals surface area (Å²) >= 11 is 1.59. The molecule has 1 aromatic heterocycles. The van der Waals surface area contributed by atoms with Crippen molar-refractivity contribution in [1.29, 1.82) is 0 Å². The molecule has 1 N–H and O–H groups in total. The second-order valence-electron chi connectivity index (χ2n) is 9.09. The number of aromatic nitrogens is 4. The number of carbonyl (C=O) groups excluding carboxylic acids is 2. The van der Waals surface area contributed by atoms with Gasteiger partial charge in [-0.05, 0) is 66.2 Å². The number of halogens is 1. The van der Waals surface area contributed by atoms with Crippen molar-refractivity contribution in [3.63, 3.8) is 0 Å². The van der Waals surface area contributed by atoms with Crippen molar-refractivity contribution < 1.29 is 23.5 Å². The normalized spacial score (nSPS) is 22.1. The van der Waals surface area contributed by atoms with Crippen LogP contribution in [0.3, 0.4) is 0 Å². The highest BCUT2D eigenvalue weighted by Gasteiger charge is 2.63. The van der Waals surface area contributed by atoms with Gasteiger partial charge in [0, 0.05) is 4.75 Å². The summed E-state index contributed by atoms with van der Waals surface area (Å²) in [6, 6.07) is 12.0. The van der Waals surface area contributed by atoms with Crippen LogP contribution in [0.4, 0.5) is 4.39 Å². The molecular formula is C24H25FN6O4S. The number of β-lactam (4-membered cyclic amide) rings is 1. The predicted molar refractivity (Wildman–Crippen MR) is 129 cm³/mol. The van der Waals surface area contributed by atoms with Gasteiger partial charge in [0.05, 0.1) is 13.7 Å². The van der Waals surface area contributed by atoms with Crippen molar-refractivity contribution in [3.05, 3.63) is 65.7 Å². The summed E-state index contributed by atoms with van der Waals surface area (Å²) in [6.45, 7) is 4.18. The minimum atomic E-state index is -0.660. The minimum Gasteiger partial charge on any atom is -0.497 e. The van der Waals surface area contributed by atoms with Gasteiger partial charge in [-0.25, -0.2) is 9.07 Å². The molecule has 10 nitrogen and oxygen atoms in total. The Morgan fingerprint density at radius 2 is 1.83 bits per heavy atom. The first-order valence-electron chi connectivity index (χ1n) is 11.3. The van der Waals surface area contributed by atoms with Crippen LogP contribution in [0.2, 0.25) is 0 Å². The van der Waals surface area contributed by atoms with E-state index in [1.165, 1.54) is 12.1 Å². The van der Waals surface area contributed by atoms with Gasteiger partial charge in [0.1, 0.15) is 34.8 Å². The van der Waals surface area contributed by atoms with Gasteiger partial charge in [0.25, 0.3) is 5.91 Å². The van der Waals surface area contributed by atoms with Gasteiger partial charge >= 0.3 is 0 Å². The maximum atomic E-state index is 13.3. The van der Waals surface area contributed by atoms with Gasteiger partial charge in [-0.3, -0.25) is 9.59 Å². The molecule has 0 bridgehead atoms. The highest BCUT2D eigenvalue weighted by Crippen LogP contribution is 2.56. The van der Waals surface area contributed by atoms with Crippen molar-refractivity contribution >= 4 is 23.6 Å². The largest absolute Gasteiger partial charge is 0.497 e. The average molecular weight is 513 g/mol. The Labute approximate surface area is 211 Å². The highest BCUT2D eigenvalue weighted by molar-refractivity contribution is 8.01. The quantitative estimate of drug-likeness (QED) is 0.457. The number of thioether (sulfide) groups is 1. The van der Waals surface area contributed by atoms with E-state index in [2.05, 4.69) is 20.8 Å². The van der Waals surface area contributed by atoms with Crippen molar-refractivity contribution in [1.82, 2.24) is 30.4 Å². The Bertz CT molecular complexity index is 1270. The lowest BCUT2D eigenvalue weighted by Crippen LogP contribution is -2.68. The van der Waals surface area contributed by atoms with Crippen LogP contribution in [0.1, 0.15) is 31.3 Å². The molecule has 5 rings (SSSR count). The van der Waals surface area contributed by atoms with Gasteiger partial charge in [0.15, 0.2) is 12.4 Å². The number of rotatable bonds is 8. The van der Waals surface area contributed by atoms with E-state index in [9.17, 15) is 14.0 Å². The maximum absolute atomic E-state index is 13.3. The number of amides is 2. The monoisotopic (exact) mass is 512 g/mol. The van der Waals surface area contributed by atoms with Crippen LogP contribution < -0.4 is 14.8 Å². The summed E-state index contributed by atoms with van der Waals surface area (Å²) in [6.07, 6.45) is 0. The summed E-state index contributed by atoms with van der Waals surface area (Å²) < 4.78 is 25.2. The van der Waals surface area contributed by atoms with Crippen molar-refractivity contribution in [3.8, 4) is 11.5 Å². The van der Waals surface area contributed by atoms with Gasteiger partial charge in [0.2, 0.25) is 5.91 Å². The molecule has 2 amide bonds. The Hall–Kier alpha value is -3.67. The third-order valence-electron chi connectivity index (χ3n) is 6.24. The van der Waals surface area contributed by atoms with Crippen LogP contribution in [-0.2, 0) is 16.1 Å². The number of hydrogen-bond acceptors (Lipinski definition) is 8. The van der Waals surface area contributed by atoms with Crippen LogP contribution in [0.15, 0.2) is 48.5 Å². The molecule has 0 saturated carbocycles. The molecule has 2 aromatic carbocycles. The van der Waals surface area contributed by atoms with Crippen LogP contribution in [-0.4, -0.2) is 66.8 Å². The molecule has 0 radical (unpaired) electrons. The van der Waals surface area contributed by atoms with Crippen LogP contribution in [0.5, 0.6) is 11.5 Å². The zero-order valence-electron chi connectivity index (χ0n) is 19.9. The van der Waals surface area contributed by atoms with E-state index < -0.39 is 10.8 Å². The number of tetrazole rings is 1. The van der Waals surface area contributed by atoms with E-state index in [1.54, 1.807) is 64.9 Å². The molecule has 3 heterocycles. The smallest absolute Gasteiger partial charge is 0.258 e. The molecule has 0 spiro atoms. The number of carbonyl (C=O) groups is 2. The Morgan fingerprint density at radius 3 is 2.53 bits per heavy atom. The number of fused-ring (bicyclic) bond motifs is 1. The fourth-order valence-electron chi connectivity index (χ4n) is 4.48. The zero-order chi connectivity index (χ0) is 25.4. The molecular weight excluding hydrogens is 487 g/mol. The molecule has 36 heavy (non-hydrogen) atoms. The standard InChI is InChI=1S/C24H25FN6O4S/c1-24(2)20(21-27-28-29-30(21)12-14-4-6-15(25)7-5-14)31-22(33)19(23(31)36-24)26-18(32)13-35-17-10-8-16(34-3)9-11-17/h4-11,19-20,23H,12-13H2,1-3H3,(H,26,32)/t19?,20?,23-/m1/s1. The lowest BCUT2D eigenvalue weighted by atomic mass is 9.95. The number of nitrogens with zero attached hydrogens (tertiary/aromatic N) is 5. The van der Waals surface area contributed by atoms with Crippen LogP contribution >= 0.6 is 11.8 Å². The second kappa shape index (κ2) is 9.41. The molecule has 3 atom stereocenters. The summed E-state index contributed by atoms with van der Waals surface area (Å²) in [4.78, 5) is 27.4. The van der Waals surface area contributed by atoms with Gasteiger partial charge in [-0.2, -0.15) is 0 Å². The Kier molecular flexibility index (Phi) is 6.29. The third-order valence-corrected chi connectivity index (χ3v) is 7.81. The molecule has 2 aliphatic heterocycles. The molecule has 2 fully saturated rings. The first kappa shape index (κ1) is 24.0. The molecule has 2 saturated heterocycles. The Balaban J connectivity index is 1.25. The summed E-state index contributed by atoms with van der Waals surface area (Å²) in [5.74, 6) is 0.854. The van der Waals surface area contributed by atoms with Gasteiger partial charge in [-0.1, -0.05) is 12.1 Å². The average Bonchev–Trinajstić information content (AvgIpc) is 3.41. The van der Waals surface area contributed by atoms with Crippen LogP contribution in [0.25, 0.3) is 0 Å². The number of nitrogens with one attached hydrogen (secondary N) is 1. The van der Waals surface area contributed by atoms with E-state index in [-0.39, 0.29) is 35.7 Å². The van der Waals surface area contributed by atoms with Crippen molar-refractivity contribution in [2.75, 3.05) is 13.7 Å². The number of ether oxygens (including phenoxy) is 2. The first-order valence-corrected chi connectivity index (χ1v) is 12.2.